The summed E-state index contributed by atoms with van der Waals surface area (Å²) >= 11 is 0. The van der Waals surface area contributed by atoms with E-state index in [0.29, 0.717) is 0 Å². The highest BCUT2D eigenvalue weighted by atomic mass is 32.2. The molecule has 0 amide bonds. The van der Waals surface area contributed by atoms with E-state index in [2.05, 4.69) is 0 Å². The van der Waals surface area contributed by atoms with Crippen LogP contribution in [0, 0.1) is 0 Å². The molecule has 6 heteroatoms. The molecule has 9 heavy (non-hydrogen) atoms. The topological polar surface area (TPSA) is 74.6 Å². The fourth-order valence-corrected chi connectivity index (χ4v) is 0.632. The maximum Gasteiger partial charge on any atom is 0.291 e. The molecule has 0 aliphatic rings. The van der Waals surface area contributed by atoms with Gasteiger partial charge in [-0.1, -0.05) is 6.92 Å². The third kappa shape index (κ3) is 5.10. The summed E-state index contributed by atoms with van der Waals surface area (Å²) in [5.74, 6) is 0. The van der Waals surface area contributed by atoms with E-state index >= 15 is 0 Å². The minimum absolute atomic E-state index is 0. The van der Waals surface area contributed by atoms with Crippen LogP contribution in [0.2, 0.25) is 0 Å². The summed E-state index contributed by atoms with van der Waals surface area (Å²) in [4.78, 5) is 0. The fourth-order valence-electron chi connectivity index (χ4n) is 0.211. The van der Waals surface area contributed by atoms with Gasteiger partial charge in [0.1, 0.15) is 0 Å². The summed E-state index contributed by atoms with van der Waals surface area (Å²) in [7, 11) is -4.20. The first-order valence-corrected chi connectivity index (χ1v) is 3.63. The number of aliphatic hydroxyl groups is 1. The first-order chi connectivity index (χ1) is 3.48. The highest BCUT2D eigenvalue weighted by Crippen LogP contribution is 1.96. The summed E-state index contributed by atoms with van der Waals surface area (Å²) in [6, 6.07) is 0. The van der Waals surface area contributed by atoms with Crippen LogP contribution in [-0.2, 0) is 10.1 Å². The second-order valence-corrected chi connectivity index (χ2v) is 2.95. The van der Waals surface area contributed by atoms with Gasteiger partial charge in [-0.05, 0) is 6.42 Å². The SMILES string of the molecule is CCC(O)S(=O)(=O)O.[Mg]. The zero-order chi connectivity index (χ0) is 6.78. The Morgan fingerprint density at radius 1 is 1.56 bits per heavy atom. The van der Waals surface area contributed by atoms with Gasteiger partial charge < -0.3 is 5.11 Å². The van der Waals surface area contributed by atoms with Crippen molar-refractivity contribution in [3.05, 3.63) is 0 Å². The Labute approximate surface area is 70.2 Å². The molecule has 0 fully saturated rings. The fraction of sp³-hybridized carbons (Fsp3) is 1.00. The zero-order valence-corrected chi connectivity index (χ0v) is 7.34. The lowest BCUT2D eigenvalue weighted by Crippen LogP contribution is -2.17. The van der Waals surface area contributed by atoms with Gasteiger partial charge in [0.05, 0.1) is 0 Å². The van der Waals surface area contributed by atoms with Gasteiger partial charge in [0.2, 0.25) is 0 Å². The van der Waals surface area contributed by atoms with Crippen LogP contribution in [0.3, 0.4) is 0 Å². The van der Waals surface area contributed by atoms with Crippen molar-refractivity contribution in [2.75, 3.05) is 0 Å². The average molecular weight is 164 g/mol. The van der Waals surface area contributed by atoms with Crippen LogP contribution in [-0.4, -0.2) is 46.6 Å². The second kappa shape index (κ2) is 4.45. The minimum atomic E-state index is -4.20. The van der Waals surface area contributed by atoms with Crippen molar-refractivity contribution in [2.24, 2.45) is 0 Å². The molecule has 0 bridgehead atoms. The first kappa shape index (κ1) is 12.3. The maximum absolute atomic E-state index is 9.87. The molecule has 52 valence electrons. The van der Waals surface area contributed by atoms with Gasteiger partial charge in [0.15, 0.2) is 5.44 Å². The molecule has 2 radical (unpaired) electrons. The largest absolute Gasteiger partial charge is 0.375 e. The Bertz CT molecular complexity index is 151. The highest BCUT2D eigenvalue weighted by molar-refractivity contribution is 7.86. The predicted molar refractivity (Wildman–Crippen MR) is 33.6 cm³/mol. The van der Waals surface area contributed by atoms with E-state index in [9.17, 15) is 8.42 Å². The summed E-state index contributed by atoms with van der Waals surface area (Å²) < 4.78 is 27.7. The van der Waals surface area contributed by atoms with Crippen LogP contribution in [0.15, 0.2) is 0 Å². The molecule has 0 aromatic heterocycles. The van der Waals surface area contributed by atoms with Gasteiger partial charge in [-0.15, -0.1) is 0 Å². The molecule has 0 aliphatic heterocycles. The van der Waals surface area contributed by atoms with E-state index in [0.717, 1.165) is 0 Å². The lowest BCUT2D eigenvalue weighted by Gasteiger charge is -1.99. The number of hydrogen-bond donors (Lipinski definition) is 2. The minimum Gasteiger partial charge on any atom is -0.375 e. The van der Waals surface area contributed by atoms with E-state index in [4.69, 9.17) is 9.66 Å². The van der Waals surface area contributed by atoms with E-state index in [1.54, 1.807) is 0 Å². The molecule has 1 unspecified atom stereocenters. The Kier molecular flexibility index (Phi) is 6.10. The summed E-state index contributed by atoms with van der Waals surface area (Å²) in [6.45, 7) is 1.46. The lowest BCUT2D eigenvalue weighted by atomic mass is 10.5. The quantitative estimate of drug-likeness (QED) is 0.415. The molecule has 0 heterocycles. The standard InChI is InChI=1S/C3H8O4S.Mg/c1-2-3(4)8(5,6)7;/h3-4H,2H2,1H3,(H,5,6,7);. The monoisotopic (exact) mass is 164 g/mol. The molecule has 0 aromatic rings. The predicted octanol–water partition coefficient (Wildman–Crippen LogP) is -0.778. The Hall–Kier alpha value is 0.636. The van der Waals surface area contributed by atoms with Crippen molar-refractivity contribution in [1.29, 1.82) is 0 Å². The summed E-state index contributed by atoms with van der Waals surface area (Å²) in [5, 5.41) is 8.36. The van der Waals surface area contributed by atoms with E-state index < -0.39 is 15.6 Å². The Morgan fingerprint density at radius 2 is 1.89 bits per heavy atom. The normalized spacial score (nSPS) is 14.1. The molecule has 0 aliphatic carbocycles. The van der Waals surface area contributed by atoms with Gasteiger partial charge in [-0.2, -0.15) is 8.42 Å². The van der Waals surface area contributed by atoms with Gasteiger partial charge in [0.25, 0.3) is 10.1 Å². The van der Waals surface area contributed by atoms with Crippen LogP contribution >= 0.6 is 0 Å². The van der Waals surface area contributed by atoms with Crippen molar-refractivity contribution in [3.63, 3.8) is 0 Å². The third-order valence-electron chi connectivity index (χ3n) is 0.693. The molecule has 4 nitrogen and oxygen atoms in total. The first-order valence-electron chi connectivity index (χ1n) is 2.13. The number of hydrogen-bond acceptors (Lipinski definition) is 3. The molecular weight excluding hydrogens is 156 g/mol. The van der Waals surface area contributed by atoms with Crippen molar-refractivity contribution in [3.8, 4) is 0 Å². The Balaban J connectivity index is 0. The number of rotatable bonds is 2. The lowest BCUT2D eigenvalue weighted by molar-refractivity contribution is 0.229. The number of aliphatic hydroxyl groups excluding tert-OH is 1. The van der Waals surface area contributed by atoms with Crippen molar-refractivity contribution in [2.45, 2.75) is 18.8 Å². The molecular formula is C3H8MgO4S. The molecule has 0 aromatic carbocycles. The molecule has 0 spiro atoms. The van der Waals surface area contributed by atoms with Crippen LogP contribution < -0.4 is 0 Å². The van der Waals surface area contributed by atoms with Crippen LogP contribution in [0.1, 0.15) is 13.3 Å². The van der Waals surface area contributed by atoms with E-state index in [1.807, 2.05) is 0 Å². The van der Waals surface area contributed by atoms with E-state index in [-0.39, 0.29) is 29.5 Å². The van der Waals surface area contributed by atoms with Crippen LogP contribution in [0.25, 0.3) is 0 Å². The molecule has 0 saturated carbocycles. The molecule has 2 N–H and O–H groups in total. The van der Waals surface area contributed by atoms with E-state index in [1.165, 1.54) is 6.92 Å². The zero-order valence-electron chi connectivity index (χ0n) is 5.11. The molecule has 0 rings (SSSR count). The molecule has 1 atom stereocenters. The van der Waals surface area contributed by atoms with Crippen molar-refractivity contribution >= 4 is 33.2 Å². The van der Waals surface area contributed by atoms with Crippen LogP contribution in [0.5, 0.6) is 0 Å². The Morgan fingerprint density at radius 3 is 1.89 bits per heavy atom. The van der Waals surface area contributed by atoms with Gasteiger partial charge >= 0.3 is 0 Å². The van der Waals surface area contributed by atoms with Gasteiger partial charge in [-0.25, -0.2) is 0 Å². The molecule has 0 saturated heterocycles. The van der Waals surface area contributed by atoms with Gasteiger partial charge in [-0.3, -0.25) is 4.55 Å². The van der Waals surface area contributed by atoms with Crippen molar-refractivity contribution in [1.82, 2.24) is 0 Å². The maximum atomic E-state index is 9.87. The smallest absolute Gasteiger partial charge is 0.291 e. The van der Waals surface area contributed by atoms with Crippen molar-refractivity contribution < 1.29 is 18.1 Å². The second-order valence-electron chi connectivity index (χ2n) is 1.38. The summed E-state index contributed by atoms with van der Waals surface area (Å²) in [5.41, 5.74) is -1.62. The highest BCUT2D eigenvalue weighted by Gasteiger charge is 2.15. The third-order valence-corrected chi connectivity index (χ3v) is 1.71. The van der Waals surface area contributed by atoms with Crippen LogP contribution in [0.4, 0.5) is 0 Å². The average Bonchev–Trinajstić information content (AvgIpc) is 1.62. The summed E-state index contributed by atoms with van der Waals surface area (Å²) in [6.07, 6.45) is 0.0127. The van der Waals surface area contributed by atoms with Gasteiger partial charge in [0, 0.05) is 23.1 Å².